The van der Waals surface area contributed by atoms with Gasteiger partial charge in [-0.15, -0.1) is 0 Å². The number of hydrogen-bond acceptors (Lipinski definition) is 1. The third-order valence-corrected chi connectivity index (χ3v) is 13.8. The minimum atomic E-state index is -0.724. The highest BCUT2D eigenvalue weighted by Gasteiger charge is 2.45. The van der Waals surface area contributed by atoms with Crippen LogP contribution in [0.5, 0.6) is 0 Å². The molecule has 2 atom stereocenters. The zero-order valence-electron chi connectivity index (χ0n) is 23.0. The Hall–Kier alpha value is -3.83. The monoisotopic (exact) mass is 569 g/mol. The van der Waals surface area contributed by atoms with Crippen LogP contribution in [0.2, 0.25) is 0 Å². The van der Waals surface area contributed by atoms with Crippen LogP contribution in [0.3, 0.4) is 0 Å². The van der Waals surface area contributed by atoms with Crippen molar-refractivity contribution in [3.8, 4) is 0 Å². The molecule has 0 saturated carbocycles. The first kappa shape index (κ1) is 27.3. The van der Waals surface area contributed by atoms with Crippen molar-refractivity contribution < 1.29 is 4.79 Å². The van der Waals surface area contributed by atoms with Crippen LogP contribution in [0.4, 0.5) is 0 Å². The van der Waals surface area contributed by atoms with Crippen LogP contribution in [0, 0.1) is 0 Å². The molecular formula is C37H33NOP2. The van der Waals surface area contributed by atoms with E-state index in [0.717, 1.165) is 24.2 Å². The smallest absolute Gasteiger partial charge is 0.253 e. The lowest BCUT2D eigenvalue weighted by atomic mass is 10.1. The first-order valence-electron chi connectivity index (χ1n) is 14.0. The molecule has 0 unspecified atom stereocenters. The Bertz CT molecular complexity index is 1400. The molecule has 5 aromatic carbocycles. The Morgan fingerprint density at radius 3 is 1.22 bits per heavy atom. The SMILES string of the molecule is C=Cc1ccc(C(=O)N2C[C@@H](P(c3ccccc3)c3ccccc3)[C@H](P(c3ccccc3)c3ccccc3)C2)cc1. The molecule has 5 aromatic rings. The molecule has 1 heterocycles. The number of amides is 1. The van der Waals surface area contributed by atoms with Crippen molar-refractivity contribution in [2.75, 3.05) is 13.1 Å². The molecule has 1 saturated heterocycles. The van der Waals surface area contributed by atoms with Crippen molar-refractivity contribution in [3.05, 3.63) is 163 Å². The van der Waals surface area contributed by atoms with Crippen molar-refractivity contribution in [2.45, 2.75) is 11.3 Å². The molecule has 0 bridgehead atoms. The summed E-state index contributed by atoms with van der Waals surface area (Å²) in [6, 6.07) is 51.7. The van der Waals surface area contributed by atoms with Crippen LogP contribution in [-0.4, -0.2) is 35.2 Å². The van der Waals surface area contributed by atoms with Crippen LogP contribution in [0.1, 0.15) is 15.9 Å². The normalized spacial score (nSPS) is 16.7. The quantitative estimate of drug-likeness (QED) is 0.189. The van der Waals surface area contributed by atoms with Gasteiger partial charge in [0.2, 0.25) is 0 Å². The zero-order chi connectivity index (χ0) is 28.0. The summed E-state index contributed by atoms with van der Waals surface area (Å²) in [5.41, 5.74) is 2.37. The van der Waals surface area contributed by atoms with Gasteiger partial charge in [0.1, 0.15) is 0 Å². The fourth-order valence-electron chi connectivity index (χ4n) is 5.81. The average molecular weight is 570 g/mol. The van der Waals surface area contributed by atoms with Crippen LogP contribution < -0.4 is 21.2 Å². The standard InChI is InChI=1S/C37H33NOP2/c1-2-29-23-25-30(26-24-29)37(39)38-27-35(40(31-15-7-3-8-16-31)32-17-9-4-10-18-32)36(28-38)41(33-19-11-5-12-20-33)34-21-13-6-14-22-34/h2-26,35-36H,1,27-28H2/t35-,36-/m1/s1. The summed E-state index contributed by atoms with van der Waals surface area (Å²) < 4.78 is 0. The number of likely N-dealkylation sites (tertiary alicyclic amines) is 1. The van der Waals surface area contributed by atoms with Gasteiger partial charge in [0.25, 0.3) is 5.91 Å². The second-order valence-corrected chi connectivity index (χ2v) is 15.1. The summed E-state index contributed by atoms with van der Waals surface area (Å²) in [6.45, 7) is 5.34. The van der Waals surface area contributed by atoms with Gasteiger partial charge in [-0.2, -0.15) is 0 Å². The number of benzene rings is 5. The minimum absolute atomic E-state index is 0.111. The molecule has 1 aliphatic rings. The highest BCUT2D eigenvalue weighted by Crippen LogP contribution is 2.54. The van der Waals surface area contributed by atoms with E-state index in [1.165, 1.54) is 21.2 Å². The van der Waals surface area contributed by atoms with Crippen molar-refractivity contribution in [2.24, 2.45) is 0 Å². The van der Waals surface area contributed by atoms with E-state index in [0.29, 0.717) is 11.3 Å². The second kappa shape index (κ2) is 12.8. The van der Waals surface area contributed by atoms with Crippen LogP contribution in [0.25, 0.3) is 6.08 Å². The minimum Gasteiger partial charge on any atom is -0.337 e. The topological polar surface area (TPSA) is 20.3 Å². The summed E-state index contributed by atoms with van der Waals surface area (Å²) in [5, 5.41) is 5.46. The number of carbonyl (C=O) groups is 1. The summed E-state index contributed by atoms with van der Waals surface area (Å²) in [6.07, 6.45) is 1.82. The first-order chi connectivity index (χ1) is 20.2. The number of rotatable bonds is 8. The number of hydrogen-bond donors (Lipinski definition) is 0. The lowest BCUT2D eigenvalue weighted by molar-refractivity contribution is 0.0793. The van der Waals surface area contributed by atoms with Crippen LogP contribution >= 0.6 is 15.8 Å². The lowest BCUT2D eigenvalue weighted by Crippen LogP contribution is -2.34. The molecular weight excluding hydrogens is 536 g/mol. The van der Waals surface area contributed by atoms with E-state index in [1.807, 2.05) is 30.3 Å². The molecule has 0 aliphatic carbocycles. The van der Waals surface area contributed by atoms with Crippen LogP contribution in [-0.2, 0) is 0 Å². The van der Waals surface area contributed by atoms with Gasteiger partial charge in [-0.1, -0.05) is 146 Å². The molecule has 202 valence electrons. The summed E-state index contributed by atoms with van der Waals surface area (Å²) in [7, 11) is -1.45. The van der Waals surface area contributed by atoms with E-state index >= 15 is 0 Å². The molecule has 0 N–H and O–H groups in total. The Kier molecular flexibility index (Phi) is 8.52. The molecule has 6 rings (SSSR count). The Morgan fingerprint density at radius 2 is 0.902 bits per heavy atom. The fourth-order valence-corrected chi connectivity index (χ4v) is 12.3. The van der Waals surface area contributed by atoms with Crippen molar-refractivity contribution in [1.29, 1.82) is 0 Å². The van der Waals surface area contributed by atoms with E-state index < -0.39 is 15.8 Å². The van der Waals surface area contributed by atoms with Gasteiger partial charge < -0.3 is 4.90 Å². The summed E-state index contributed by atoms with van der Waals surface area (Å²) in [5.74, 6) is 0.111. The Labute approximate surface area is 245 Å². The molecule has 0 spiro atoms. The van der Waals surface area contributed by atoms with Gasteiger partial charge in [0, 0.05) is 30.0 Å². The maximum atomic E-state index is 14.0. The zero-order valence-corrected chi connectivity index (χ0v) is 24.7. The van der Waals surface area contributed by atoms with Gasteiger partial charge in [-0.05, 0) is 54.8 Å². The maximum absolute atomic E-state index is 14.0. The molecule has 41 heavy (non-hydrogen) atoms. The molecule has 1 fully saturated rings. The predicted molar refractivity (Wildman–Crippen MR) is 178 cm³/mol. The van der Waals surface area contributed by atoms with E-state index in [4.69, 9.17) is 0 Å². The van der Waals surface area contributed by atoms with E-state index in [1.54, 1.807) is 0 Å². The Balaban J connectivity index is 1.48. The molecule has 4 heteroatoms. The fraction of sp³-hybridized carbons (Fsp3) is 0.108. The molecule has 2 nitrogen and oxygen atoms in total. The largest absolute Gasteiger partial charge is 0.337 e. The number of carbonyl (C=O) groups excluding carboxylic acids is 1. The van der Waals surface area contributed by atoms with Gasteiger partial charge in [0.15, 0.2) is 0 Å². The van der Waals surface area contributed by atoms with Crippen LogP contribution in [0.15, 0.2) is 152 Å². The third kappa shape index (κ3) is 5.96. The second-order valence-electron chi connectivity index (χ2n) is 10.3. The lowest BCUT2D eigenvalue weighted by Gasteiger charge is -2.34. The third-order valence-electron chi connectivity index (χ3n) is 7.74. The first-order valence-corrected chi connectivity index (χ1v) is 16.9. The van der Waals surface area contributed by atoms with Gasteiger partial charge in [-0.3, -0.25) is 4.79 Å². The average Bonchev–Trinajstić information content (AvgIpc) is 3.47. The predicted octanol–water partition coefficient (Wildman–Crippen LogP) is 6.79. The highest BCUT2D eigenvalue weighted by molar-refractivity contribution is 7.77. The number of nitrogens with zero attached hydrogens (tertiary/aromatic N) is 1. The molecule has 1 amide bonds. The summed E-state index contributed by atoms with van der Waals surface area (Å²) in [4.78, 5) is 16.2. The highest BCUT2D eigenvalue weighted by atomic mass is 31.1. The van der Waals surface area contributed by atoms with Crippen molar-refractivity contribution >= 4 is 49.0 Å². The summed E-state index contributed by atoms with van der Waals surface area (Å²) >= 11 is 0. The Morgan fingerprint density at radius 1 is 0.561 bits per heavy atom. The van der Waals surface area contributed by atoms with E-state index in [2.05, 4.69) is 133 Å². The van der Waals surface area contributed by atoms with E-state index in [9.17, 15) is 4.79 Å². The molecule has 1 aliphatic heterocycles. The van der Waals surface area contributed by atoms with E-state index in [-0.39, 0.29) is 5.91 Å². The van der Waals surface area contributed by atoms with Gasteiger partial charge in [0.05, 0.1) is 0 Å². The van der Waals surface area contributed by atoms with Crippen molar-refractivity contribution in [3.63, 3.8) is 0 Å². The maximum Gasteiger partial charge on any atom is 0.253 e. The van der Waals surface area contributed by atoms with Crippen molar-refractivity contribution in [1.82, 2.24) is 4.90 Å². The van der Waals surface area contributed by atoms with Gasteiger partial charge >= 0.3 is 0 Å². The molecule has 0 radical (unpaired) electrons. The van der Waals surface area contributed by atoms with Gasteiger partial charge in [-0.25, -0.2) is 0 Å². The molecule has 0 aromatic heterocycles.